The van der Waals surface area contributed by atoms with Gasteiger partial charge in [-0.1, -0.05) is 35.8 Å². The monoisotopic (exact) mass is 342 g/mol. The van der Waals surface area contributed by atoms with Crippen LogP contribution in [0.5, 0.6) is 5.75 Å². The van der Waals surface area contributed by atoms with Crippen molar-refractivity contribution in [3.63, 3.8) is 0 Å². The lowest BCUT2D eigenvalue weighted by atomic mass is 10.1. The van der Waals surface area contributed by atoms with Crippen LogP contribution < -0.4 is 15.8 Å². The summed E-state index contributed by atoms with van der Waals surface area (Å²) >= 11 is 3.39. The Hall–Kier alpha value is -1.07. The summed E-state index contributed by atoms with van der Waals surface area (Å²) in [6, 6.07) is 5.73. The van der Waals surface area contributed by atoms with E-state index in [-0.39, 0.29) is 24.6 Å². The number of carbonyl (C=O) groups is 1. The maximum atomic E-state index is 11.8. The fourth-order valence-corrected chi connectivity index (χ4v) is 2.25. The third-order valence-electron chi connectivity index (χ3n) is 3.18. The van der Waals surface area contributed by atoms with Crippen LogP contribution in [-0.4, -0.2) is 18.6 Å². The van der Waals surface area contributed by atoms with Crippen LogP contribution in [0.1, 0.15) is 45.2 Å². The Bertz CT molecular complexity index is 445. The van der Waals surface area contributed by atoms with E-state index < -0.39 is 0 Å². The number of halogens is 1. The lowest BCUT2D eigenvalue weighted by Gasteiger charge is -2.17. The van der Waals surface area contributed by atoms with Crippen molar-refractivity contribution in [1.82, 2.24) is 5.32 Å². The summed E-state index contributed by atoms with van der Waals surface area (Å²) in [4.78, 5) is 11.8. The van der Waals surface area contributed by atoms with E-state index in [0.717, 1.165) is 22.9 Å². The van der Waals surface area contributed by atoms with Gasteiger partial charge < -0.3 is 15.8 Å². The topological polar surface area (TPSA) is 64.3 Å². The first-order valence-corrected chi connectivity index (χ1v) is 7.74. The summed E-state index contributed by atoms with van der Waals surface area (Å²) in [7, 11) is 0. The molecule has 0 spiro atoms. The normalized spacial score (nSPS) is 12.3. The lowest BCUT2D eigenvalue weighted by Crippen LogP contribution is -2.37. The first-order valence-electron chi connectivity index (χ1n) is 6.95. The Balaban J connectivity index is 2.65. The predicted molar refractivity (Wildman–Crippen MR) is 84.8 cm³/mol. The molecule has 1 unspecified atom stereocenters. The summed E-state index contributed by atoms with van der Waals surface area (Å²) in [5, 5.41) is 2.94. The molecule has 0 aromatic heterocycles. The van der Waals surface area contributed by atoms with E-state index in [9.17, 15) is 4.79 Å². The van der Waals surface area contributed by atoms with Crippen LogP contribution in [0.25, 0.3) is 0 Å². The van der Waals surface area contributed by atoms with Gasteiger partial charge in [0.1, 0.15) is 5.75 Å². The molecule has 1 aromatic carbocycles. The van der Waals surface area contributed by atoms with Crippen LogP contribution in [-0.2, 0) is 4.79 Å². The maximum Gasteiger partial charge on any atom is 0.258 e. The van der Waals surface area contributed by atoms with Gasteiger partial charge in [0.25, 0.3) is 5.91 Å². The van der Waals surface area contributed by atoms with Crippen LogP contribution in [0, 0.1) is 0 Å². The van der Waals surface area contributed by atoms with Gasteiger partial charge in [-0.15, -0.1) is 0 Å². The molecule has 1 atom stereocenters. The van der Waals surface area contributed by atoms with E-state index in [1.54, 1.807) is 0 Å². The van der Waals surface area contributed by atoms with Crippen LogP contribution in [0.2, 0.25) is 0 Å². The summed E-state index contributed by atoms with van der Waals surface area (Å²) in [6.45, 7) is 6.00. The summed E-state index contributed by atoms with van der Waals surface area (Å²) < 4.78 is 6.51. The molecular formula is C15H23BrN2O2. The Kier molecular flexibility index (Phi) is 7.02. The summed E-state index contributed by atoms with van der Waals surface area (Å²) in [5.74, 6) is 0.545. The lowest BCUT2D eigenvalue weighted by molar-refractivity contribution is -0.123. The zero-order chi connectivity index (χ0) is 15.1. The molecule has 1 amide bonds. The van der Waals surface area contributed by atoms with Crippen molar-refractivity contribution >= 4 is 21.8 Å². The third-order valence-corrected chi connectivity index (χ3v) is 3.67. The van der Waals surface area contributed by atoms with Crippen molar-refractivity contribution in [1.29, 1.82) is 0 Å². The third kappa shape index (κ3) is 5.13. The van der Waals surface area contributed by atoms with Crippen LogP contribution in [0.4, 0.5) is 0 Å². The second kappa shape index (κ2) is 8.27. The van der Waals surface area contributed by atoms with E-state index in [4.69, 9.17) is 10.5 Å². The second-order valence-electron chi connectivity index (χ2n) is 4.84. The standard InChI is InChI=1S/C15H23BrN2O2/c1-4-12(5-2)18-15(19)9-20-14-8-11(16)6-7-13(14)10(3)17/h6-8,10,12H,4-5,9,17H2,1-3H3,(H,18,19). The minimum atomic E-state index is -0.139. The van der Waals surface area contributed by atoms with E-state index in [1.165, 1.54) is 0 Å². The molecule has 3 N–H and O–H groups in total. The van der Waals surface area contributed by atoms with E-state index in [0.29, 0.717) is 5.75 Å². The van der Waals surface area contributed by atoms with E-state index >= 15 is 0 Å². The van der Waals surface area contributed by atoms with Crippen molar-refractivity contribution in [3.05, 3.63) is 28.2 Å². The van der Waals surface area contributed by atoms with Gasteiger partial charge in [-0.25, -0.2) is 0 Å². The number of ether oxygens (including phenoxy) is 1. The highest BCUT2D eigenvalue weighted by atomic mass is 79.9. The quantitative estimate of drug-likeness (QED) is 0.799. The van der Waals surface area contributed by atoms with Gasteiger partial charge in [0.05, 0.1) is 0 Å². The van der Waals surface area contributed by atoms with Gasteiger partial charge in [-0.2, -0.15) is 0 Å². The fraction of sp³-hybridized carbons (Fsp3) is 0.533. The molecule has 0 aliphatic heterocycles. The molecule has 0 saturated heterocycles. The molecular weight excluding hydrogens is 320 g/mol. The van der Waals surface area contributed by atoms with Gasteiger partial charge in [0, 0.05) is 22.1 Å². The highest BCUT2D eigenvalue weighted by Crippen LogP contribution is 2.27. The van der Waals surface area contributed by atoms with Gasteiger partial charge >= 0.3 is 0 Å². The molecule has 1 rings (SSSR count). The van der Waals surface area contributed by atoms with Gasteiger partial charge in [-0.3, -0.25) is 4.79 Å². The van der Waals surface area contributed by atoms with E-state index in [1.807, 2.05) is 25.1 Å². The molecule has 112 valence electrons. The van der Waals surface area contributed by atoms with E-state index in [2.05, 4.69) is 35.1 Å². The Morgan fingerprint density at radius 2 is 2.05 bits per heavy atom. The molecule has 0 heterocycles. The minimum absolute atomic E-state index is 0.00662. The van der Waals surface area contributed by atoms with Gasteiger partial charge in [0.2, 0.25) is 0 Å². The smallest absolute Gasteiger partial charge is 0.258 e. The molecule has 0 aliphatic rings. The fourth-order valence-electron chi connectivity index (χ4n) is 1.91. The molecule has 4 nitrogen and oxygen atoms in total. The molecule has 5 heteroatoms. The first kappa shape index (κ1) is 17.0. The Morgan fingerprint density at radius 1 is 1.40 bits per heavy atom. The van der Waals surface area contributed by atoms with Crippen molar-refractivity contribution in [3.8, 4) is 5.75 Å². The van der Waals surface area contributed by atoms with Gasteiger partial charge in [0.15, 0.2) is 6.61 Å². The van der Waals surface area contributed by atoms with Crippen molar-refractivity contribution in [2.75, 3.05) is 6.61 Å². The first-order chi connectivity index (χ1) is 9.47. The zero-order valence-corrected chi connectivity index (χ0v) is 13.9. The highest BCUT2D eigenvalue weighted by Gasteiger charge is 2.12. The summed E-state index contributed by atoms with van der Waals surface area (Å²) in [6.07, 6.45) is 1.84. The van der Waals surface area contributed by atoms with Crippen LogP contribution in [0.15, 0.2) is 22.7 Å². The van der Waals surface area contributed by atoms with Crippen LogP contribution in [0.3, 0.4) is 0 Å². The molecule has 0 bridgehead atoms. The largest absolute Gasteiger partial charge is 0.483 e. The van der Waals surface area contributed by atoms with Crippen molar-refractivity contribution in [2.24, 2.45) is 5.73 Å². The SMILES string of the molecule is CCC(CC)NC(=O)COc1cc(Br)ccc1C(C)N. The number of hydrogen-bond donors (Lipinski definition) is 2. The molecule has 20 heavy (non-hydrogen) atoms. The van der Waals surface area contributed by atoms with Crippen molar-refractivity contribution < 1.29 is 9.53 Å². The zero-order valence-electron chi connectivity index (χ0n) is 12.3. The number of hydrogen-bond acceptors (Lipinski definition) is 3. The predicted octanol–water partition coefficient (Wildman–Crippen LogP) is 3.15. The molecule has 1 aromatic rings. The Morgan fingerprint density at radius 3 is 2.60 bits per heavy atom. The number of carbonyl (C=O) groups excluding carboxylic acids is 1. The maximum absolute atomic E-state index is 11.8. The van der Waals surface area contributed by atoms with Crippen LogP contribution >= 0.6 is 15.9 Å². The number of benzene rings is 1. The molecule has 0 aliphatic carbocycles. The minimum Gasteiger partial charge on any atom is -0.483 e. The number of nitrogens with one attached hydrogen (secondary N) is 1. The number of nitrogens with two attached hydrogens (primary N) is 1. The molecule has 0 radical (unpaired) electrons. The highest BCUT2D eigenvalue weighted by molar-refractivity contribution is 9.10. The van der Waals surface area contributed by atoms with Gasteiger partial charge in [-0.05, 0) is 31.9 Å². The average molecular weight is 343 g/mol. The molecule has 0 fully saturated rings. The molecule has 0 saturated carbocycles. The second-order valence-corrected chi connectivity index (χ2v) is 5.76. The number of rotatable bonds is 7. The number of amides is 1. The summed E-state index contributed by atoms with van der Waals surface area (Å²) in [5.41, 5.74) is 6.79. The average Bonchev–Trinajstić information content (AvgIpc) is 2.42. The Labute approximate surface area is 129 Å². The van der Waals surface area contributed by atoms with Crippen molar-refractivity contribution in [2.45, 2.75) is 45.7 Å².